The van der Waals surface area contributed by atoms with Crippen LogP contribution >= 0.6 is 0 Å². The Kier molecular flexibility index (Phi) is 9.70. The van der Waals surface area contributed by atoms with Crippen LogP contribution in [0.3, 0.4) is 0 Å². The standard InChI is InChI=1S/C30H45NO6/c1-7-11-22-27(34)19(2)12-10-14-30(6)25(37-30)17-23(20(3)16-21-13-8-9-15-31-21)36-26(33)18-24(32)29(4,5)28(22)35/h8-9,13,15-16,19,22-25,27,32,34H,7,10-12,14,17-18H2,1-6H3/b20-16+/t19-,22+,23-,24-,25?,27-,30?/m0/s1. The second kappa shape index (κ2) is 12.2. The van der Waals surface area contributed by atoms with Crippen LogP contribution in [0.15, 0.2) is 30.0 Å². The Morgan fingerprint density at radius 1 is 1.22 bits per heavy atom. The van der Waals surface area contributed by atoms with Gasteiger partial charge in [0, 0.05) is 18.5 Å². The van der Waals surface area contributed by atoms with Crippen molar-refractivity contribution in [2.24, 2.45) is 17.3 Å². The molecule has 2 saturated heterocycles. The van der Waals surface area contributed by atoms with Crippen molar-refractivity contribution in [1.29, 1.82) is 0 Å². The van der Waals surface area contributed by atoms with Crippen molar-refractivity contribution in [2.45, 2.75) is 117 Å². The van der Waals surface area contributed by atoms with Gasteiger partial charge >= 0.3 is 5.97 Å². The van der Waals surface area contributed by atoms with Gasteiger partial charge in [-0.15, -0.1) is 0 Å². The maximum atomic E-state index is 13.6. The number of fused-ring (bicyclic) bond motifs is 1. The van der Waals surface area contributed by atoms with E-state index in [0.717, 1.165) is 37.0 Å². The zero-order chi connectivity index (χ0) is 27.4. The lowest BCUT2D eigenvalue weighted by atomic mass is 9.71. The average Bonchev–Trinajstić information content (AvgIpc) is 3.49. The van der Waals surface area contributed by atoms with E-state index in [9.17, 15) is 19.8 Å². The lowest BCUT2D eigenvalue weighted by Crippen LogP contribution is -2.46. The van der Waals surface area contributed by atoms with Gasteiger partial charge in [-0.05, 0) is 62.8 Å². The maximum absolute atomic E-state index is 13.6. The molecular weight excluding hydrogens is 470 g/mol. The Morgan fingerprint density at radius 2 is 1.95 bits per heavy atom. The number of carbonyl (C=O) groups excluding carboxylic acids is 2. The number of ketones is 1. The SMILES string of the molecule is CCC[C@H]1C(=O)C(C)(C)[C@@H](O)CC(=O)O[C@H](/C(C)=C/c2ccccn2)CC2OC2(C)CCC[C@H](C)[C@@H]1O. The molecule has 2 unspecified atom stereocenters. The van der Waals surface area contributed by atoms with Gasteiger partial charge in [0.15, 0.2) is 0 Å². The Bertz CT molecular complexity index is 960. The number of epoxide rings is 1. The van der Waals surface area contributed by atoms with Gasteiger partial charge in [-0.25, -0.2) is 0 Å². The van der Waals surface area contributed by atoms with Crippen LogP contribution in [0.2, 0.25) is 0 Å². The van der Waals surface area contributed by atoms with Crippen LogP contribution in [0.25, 0.3) is 6.08 Å². The third kappa shape index (κ3) is 7.27. The molecule has 0 radical (unpaired) electrons. The number of ether oxygens (including phenoxy) is 2. The normalized spacial score (nSPS) is 35.9. The van der Waals surface area contributed by atoms with Gasteiger partial charge < -0.3 is 19.7 Å². The smallest absolute Gasteiger partial charge is 0.309 e. The number of rotatable bonds is 4. The number of aliphatic hydroxyl groups is 2. The number of cyclic esters (lactones) is 1. The summed E-state index contributed by atoms with van der Waals surface area (Å²) in [5.74, 6) is -1.43. The summed E-state index contributed by atoms with van der Waals surface area (Å²) in [6.07, 6.45) is 4.94. The van der Waals surface area contributed by atoms with Gasteiger partial charge in [0.25, 0.3) is 0 Å². The van der Waals surface area contributed by atoms with E-state index in [1.54, 1.807) is 20.0 Å². The molecule has 206 valence electrons. The largest absolute Gasteiger partial charge is 0.458 e. The molecule has 2 aliphatic rings. The lowest BCUT2D eigenvalue weighted by Gasteiger charge is -2.36. The summed E-state index contributed by atoms with van der Waals surface area (Å²) in [6.45, 7) is 11.3. The van der Waals surface area contributed by atoms with Crippen molar-refractivity contribution in [3.05, 3.63) is 35.7 Å². The summed E-state index contributed by atoms with van der Waals surface area (Å²) in [7, 11) is 0. The summed E-state index contributed by atoms with van der Waals surface area (Å²) >= 11 is 0. The summed E-state index contributed by atoms with van der Waals surface area (Å²) < 4.78 is 12.0. The highest BCUT2D eigenvalue weighted by Gasteiger charge is 2.53. The molecule has 0 amide bonds. The highest BCUT2D eigenvalue weighted by atomic mass is 16.6. The zero-order valence-corrected chi connectivity index (χ0v) is 23.3. The molecule has 1 aromatic rings. The van der Waals surface area contributed by atoms with Crippen molar-refractivity contribution < 1.29 is 29.3 Å². The lowest BCUT2D eigenvalue weighted by molar-refractivity contribution is -0.154. The molecule has 3 heterocycles. The highest BCUT2D eigenvalue weighted by molar-refractivity contribution is 5.88. The number of aromatic nitrogens is 1. The van der Waals surface area contributed by atoms with Gasteiger partial charge in [-0.3, -0.25) is 14.6 Å². The molecule has 0 saturated carbocycles. The van der Waals surface area contributed by atoms with E-state index in [1.807, 2.05) is 45.0 Å². The van der Waals surface area contributed by atoms with Crippen molar-refractivity contribution in [3.8, 4) is 0 Å². The number of hydrogen-bond acceptors (Lipinski definition) is 7. The number of carbonyl (C=O) groups is 2. The average molecular weight is 516 g/mol. The van der Waals surface area contributed by atoms with Crippen LogP contribution < -0.4 is 0 Å². The molecule has 7 heteroatoms. The summed E-state index contributed by atoms with van der Waals surface area (Å²) in [4.78, 5) is 31.0. The van der Waals surface area contributed by atoms with Gasteiger partial charge in [0.05, 0.1) is 41.4 Å². The molecule has 2 N–H and O–H groups in total. The quantitative estimate of drug-likeness (QED) is 0.434. The van der Waals surface area contributed by atoms with E-state index in [-0.39, 0.29) is 29.8 Å². The van der Waals surface area contributed by atoms with Crippen LogP contribution in [0.1, 0.15) is 92.2 Å². The maximum Gasteiger partial charge on any atom is 0.309 e. The number of aliphatic hydroxyl groups excluding tert-OH is 2. The third-order valence-corrected chi connectivity index (χ3v) is 8.40. The van der Waals surface area contributed by atoms with Gasteiger partial charge in [0.2, 0.25) is 0 Å². The fourth-order valence-corrected chi connectivity index (χ4v) is 5.49. The van der Waals surface area contributed by atoms with Crippen LogP contribution in [0.5, 0.6) is 0 Å². The first-order valence-corrected chi connectivity index (χ1v) is 13.8. The van der Waals surface area contributed by atoms with Gasteiger partial charge in [-0.1, -0.05) is 46.6 Å². The minimum absolute atomic E-state index is 0.0544. The predicted molar refractivity (Wildman–Crippen MR) is 142 cm³/mol. The molecule has 1 aromatic heterocycles. The predicted octanol–water partition coefficient (Wildman–Crippen LogP) is 4.89. The fraction of sp³-hybridized carbons (Fsp3) is 0.700. The van der Waals surface area contributed by atoms with Crippen LogP contribution in [0.4, 0.5) is 0 Å². The number of nitrogens with zero attached hydrogens (tertiary/aromatic N) is 1. The minimum Gasteiger partial charge on any atom is -0.458 e. The molecule has 2 fully saturated rings. The van der Waals surface area contributed by atoms with E-state index in [4.69, 9.17) is 9.47 Å². The number of esters is 1. The molecule has 3 rings (SSSR count). The Labute approximate surface area is 221 Å². The van der Waals surface area contributed by atoms with Crippen LogP contribution in [0, 0.1) is 17.3 Å². The molecule has 2 aliphatic heterocycles. The van der Waals surface area contributed by atoms with E-state index in [0.29, 0.717) is 12.8 Å². The zero-order valence-electron chi connectivity index (χ0n) is 23.3. The third-order valence-electron chi connectivity index (χ3n) is 8.40. The summed E-state index contributed by atoms with van der Waals surface area (Å²) in [5.41, 5.74) is 0.0977. The molecule has 0 aromatic carbocycles. The van der Waals surface area contributed by atoms with E-state index in [1.165, 1.54) is 0 Å². The molecule has 0 spiro atoms. The number of pyridine rings is 1. The molecule has 7 nitrogen and oxygen atoms in total. The van der Waals surface area contributed by atoms with Gasteiger partial charge in [-0.2, -0.15) is 0 Å². The molecule has 7 atom stereocenters. The summed E-state index contributed by atoms with van der Waals surface area (Å²) in [5, 5.41) is 22.2. The first-order valence-electron chi connectivity index (χ1n) is 13.8. The van der Waals surface area contributed by atoms with E-state index < -0.39 is 35.6 Å². The van der Waals surface area contributed by atoms with E-state index in [2.05, 4.69) is 11.9 Å². The minimum atomic E-state index is -1.23. The van der Waals surface area contributed by atoms with Gasteiger partial charge in [0.1, 0.15) is 11.9 Å². The first kappa shape index (κ1) is 29.5. The second-order valence-electron chi connectivity index (χ2n) is 11.8. The number of Topliss-reactive ketones (excluding diaryl/α,β-unsaturated/α-hetero) is 1. The first-order chi connectivity index (χ1) is 17.4. The fourth-order valence-electron chi connectivity index (χ4n) is 5.49. The van der Waals surface area contributed by atoms with E-state index >= 15 is 0 Å². The molecular formula is C30H45NO6. The molecule has 37 heavy (non-hydrogen) atoms. The van der Waals surface area contributed by atoms with Crippen molar-refractivity contribution in [3.63, 3.8) is 0 Å². The molecule has 0 bridgehead atoms. The highest BCUT2D eigenvalue weighted by Crippen LogP contribution is 2.45. The number of hydrogen-bond donors (Lipinski definition) is 2. The second-order valence-corrected chi connectivity index (χ2v) is 11.8. The van der Waals surface area contributed by atoms with Crippen molar-refractivity contribution >= 4 is 17.8 Å². The Balaban J connectivity index is 1.88. The summed E-state index contributed by atoms with van der Waals surface area (Å²) in [6, 6.07) is 5.63. The monoisotopic (exact) mass is 515 g/mol. The van der Waals surface area contributed by atoms with Crippen molar-refractivity contribution in [2.75, 3.05) is 0 Å². The Hall–Kier alpha value is -2.09. The van der Waals surface area contributed by atoms with Crippen LogP contribution in [-0.2, 0) is 19.1 Å². The topological polar surface area (TPSA) is 109 Å². The van der Waals surface area contributed by atoms with Crippen molar-refractivity contribution in [1.82, 2.24) is 4.98 Å². The van der Waals surface area contributed by atoms with Crippen LogP contribution in [-0.4, -0.2) is 57.0 Å². The Morgan fingerprint density at radius 3 is 2.59 bits per heavy atom. The molecule has 0 aliphatic carbocycles.